The Morgan fingerprint density at radius 2 is 1.72 bits per heavy atom. The van der Waals surface area contributed by atoms with Gasteiger partial charge >= 0.3 is 0 Å². The van der Waals surface area contributed by atoms with Crippen molar-refractivity contribution >= 4 is 17.3 Å². The topological polar surface area (TPSA) is 33.7 Å². The lowest BCUT2D eigenvalue weighted by molar-refractivity contribution is -0.915. The van der Waals surface area contributed by atoms with E-state index in [0.29, 0.717) is 0 Å². The Labute approximate surface area is 152 Å². The van der Waals surface area contributed by atoms with Crippen LogP contribution in [0.4, 0.5) is 5.69 Å². The fourth-order valence-electron chi connectivity index (χ4n) is 3.29. The Morgan fingerprint density at radius 3 is 2.48 bits per heavy atom. The van der Waals surface area contributed by atoms with E-state index in [9.17, 15) is 0 Å². The number of quaternary nitrogens is 1. The minimum absolute atomic E-state index is 0.806. The van der Waals surface area contributed by atoms with Crippen LogP contribution in [0.5, 0.6) is 0 Å². The van der Waals surface area contributed by atoms with E-state index < -0.39 is 0 Å². The second-order valence-corrected chi connectivity index (χ2v) is 6.76. The molecule has 0 unspecified atom stereocenters. The summed E-state index contributed by atoms with van der Waals surface area (Å²) in [5.41, 5.74) is 2.20. The fourth-order valence-corrected chi connectivity index (χ4v) is 3.55. The third-order valence-electron chi connectivity index (χ3n) is 4.68. The van der Waals surface area contributed by atoms with E-state index in [0.717, 1.165) is 60.6 Å². The molecule has 1 N–H and O–H groups in total. The van der Waals surface area contributed by atoms with Gasteiger partial charge in [-0.3, -0.25) is 0 Å². The van der Waals surface area contributed by atoms with E-state index in [1.807, 2.05) is 54.7 Å². The summed E-state index contributed by atoms with van der Waals surface area (Å²) < 4.78 is 5.94. The minimum Gasteiger partial charge on any atom is -0.435 e. The summed E-state index contributed by atoms with van der Waals surface area (Å²) in [5, 5.41) is 0.825. The summed E-state index contributed by atoms with van der Waals surface area (Å²) in [6, 6.07) is 18.2. The molecule has 5 heteroatoms. The van der Waals surface area contributed by atoms with Gasteiger partial charge in [-0.05, 0) is 12.1 Å². The van der Waals surface area contributed by atoms with Gasteiger partial charge in [-0.1, -0.05) is 54.1 Å². The van der Waals surface area contributed by atoms with Crippen molar-refractivity contribution < 1.29 is 9.32 Å². The zero-order valence-electron chi connectivity index (χ0n) is 14.0. The number of para-hydroxylation sites is 1. The molecule has 1 aromatic heterocycles. The number of rotatable bonds is 4. The number of anilines is 1. The Morgan fingerprint density at radius 1 is 1.00 bits per heavy atom. The van der Waals surface area contributed by atoms with Crippen LogP contribution >= 0.6 is 11.6 Å². The largest absolute Gasteiger partial charge is 0.435 e. The van der Waals surface area contributed by atoms with Crippen LogP contribution in [0, 0.1) is 0 Å². The predicted octanol–water partition coefficient (Wildman–Crippen LogP) is 2.90. The standard InChI is InChI=1S/C20H20ClN3O/c21-17-8-4-5-9-18(17)24-12-10-23(11-13-24)15-20-22-14-19(25-20)16-6-2-1-3-7-16/h1-9,14H,10-13,15H2/p+1. The molecule has 4 rings (SSSR count). The zero-order chi connectivity index (χ0) is 17.1. The van der Waals surface area contributed by atoms with Gasteiger partial charge in [0.15, 0.2) is 12.3 Å². The van der Waals surface area contributed by atoms with Crippen molar-refractivity contribution in [3.63, 3.8) is 0 Å². The highest BCUT2D eigenvalue weighted by atomic mass is 35.5. The maximum absolute atomic E-state index is 6.31. The molecule has 2 heterocycles. The van der Waals surface area contributed by atoms with E-state index >= 15 is 0 Å². The molecule has 0 amide bonds. The first kappa shape index (κ1) is 16.2. The van der Waals surface area contributed by atoms with Crippen LogP contribution in [0.15, 0.2) is 65.2 Å². The Balaban J connectivity index is 1.36. The van der Waals surface area contributed by atoms with Crippen molar-refractivity contribution in [2.75, 3.05) is 31.1 Å². The zero-order valence-corrected chi connectivity index (χ0v) is 14.7. The Bertz CT molecular complexity index is 826. The number of aromatic nitrogens is 1. The predicted molar refractivity (Wildman–Crippen MR) is 100 cm³/mol. The highest BCUT2D eigenvalue weighted by molar-refractivity contribution is 6.33. The lowest BCUT2D eigenvalue weighted by Crippen LogP contribution is -3.13. The molecule has 1 aliphatic heterocycles. The number of benzene rings is 2. The molecule has 0 saturated carbocycles. The van der Waals surface area contributed by atoms with E-state index in [1.54, 1.807) is 0 Å². The van der Waals surface area contributed by atoms with Gasteiger partial charge in [0, 0.05) is 5.56 Å². The first-order chi connectivity index (χ1) is 12.3. The molecule has 1 fully saturated rings. The second-order valence-electron chi connectivity index (χ2n) is 6.35. The maximum atomic E-state index is 6.31. The van der Waals surface area contributed by atoms with Gasteiger partial charge in [0.2, 0.25) is 0 Å². The summed E-state index contributed by atoms with van der Waals surface area (Å²) in [5.74, 6) is 1.64. The maximum Gasteiger partial charge on any atom is 0.250 e. The molecule has 0 atom stereocenters. The molecule has 2 aromatic carbocycles. The molecule has 0 radical (unpaired) electrons. The van der Waals surface area contributed by atoms with E-state index in [-0.39, 0.29) is 0 Å². The summed E-state index contributed by atoms with van der Waals surface area (Å²) in [4.78, 5) is 8.30. The Kier molecular flexibility index (Phi) is 4.72. The molecule has 0 bridgehead atoms. The molecule has 3 aromatic rings. The number of halogens is 1. The van der Waals surface area contributed by atoms with Crippen LogP contribution < -0.4 is 9.80 Å². The van der Waals surface area contributed by atoms with Crippen LogP contribution in [0.25, 0.3) is 11.3 Å². The van der Waals surface area contributed by atoms with Gasteiger partial charge in [0.05, 0.1) is 43.1 Å². The molecule has 0 spiro atoms. The summed E-state index contributed by atoms with van der Waals surface area (Å²) in [7, 11) is 0. The van der Waals surface area contributed by atoms with Crippen molar-refractivity contribution in [2.45, 2.75) is 6.54 Å². The van der Waals surface area contributed by atoms with Crippen LogP contribution in [0.1, 0.15) is 5.89 Å². The lowest BCUT2D eigenvalue weighted by atomic mass is 10.2. The molecular formula is C20H21ClN3O+. The quantitative estimate of drug-likeness (QED) is 0.782. The van der Waals surface area contributed by atoms with Crippen molar-refractivity contribution in [2.24, 2.45) is 0 Å². The molecule has 128 valence electrons. The number of nitrogens with one attached hydrogen (secondary N) is 1. The third kappa shape index (κ3) is 3.70. The first-order valence-corrected chi connectivity index (χ1v) is 9.00. The first-order valence-electron chi connectivity index (χ1n) is 8.63. The van der Waals surface area contributed by atoms with Gasteiger partial charge in [0.1, 0.15) is 0 Å². The number of nitrogens with zero attached hydrogens (tertiary/aromatic N) is 2. The summed E-state index contributed by atoms with van der Waals surface area (Å²) >= 11 is 6.31. The molecule has 0 aliphatic carbocycles. The van der Waals surface area contributed by atoms with Gasteiger partial charge in [0.25, 0.3) is 5.89 Å². The monoisotopic (exact) mass is 354 g/mol. The van der Waals surface area contributed by atoms with Crippen LogP contribution in [-0.4, -0.2) is 31.2 Å². The summed E-state index contributed by atoms with van der Waals surface area (Å²) in [6.07, 6.45) is 1.82. The van der Waals surface area contributed by atoms with Crippen molar-refractivity contribution in [1.29, 1.82) is 0 Å². The Hall–Kier alpha value is -2.30. The van der Waals surface area contributed by atoms with Crippen molar-refractivity contribution in [1.82, 2.24) is 4.98 Å². The number of hydrogen-bond acceptors (Lipinski definition) is 3. The van der Waals surface area contributed by atoms with Crippen LogP contribution in [-0.2, 0) is 6.54 Å². The minimum atomic E-state index is 0.806. The van der Waals surface area contributed by atoms with Crippen LogP contribution in [0.2, 0.25) is 5.02 Å². The molecule has 1 aliphatic rings. The normalized spacial score (nSPS) is 15.5. The average Bonchev–Trinajstić information content (AvgIpc) is 3.12. The van der Waals surface area contributed by atoms with Gasteiger partial charge < -0.3 is 14.2 Å². The van der Waals surface area contributed by atoms with Gasteiger partial charge in [-0.15, -0.1) is 0 Å². The van der Waals surface area contributed by atoms with E-state index in [2.05, 4.69) is 16.0 Å². The number of oxazole rings is 1. The highest BCUT2D eigenvalue weighted by Gasteiger charge is 2.23. The van der Waals surface area contributed by atoms with Crippen molar-refractivity contribution in [3.8, 4) is 11.3 Å². The van der Waals surface area contributed by atoms with Gasteiger partial charge in [-0.25, -0.2) is 4.98 Å². The highest BCUT2D eigenvalue weighted by Crippen LogP contribution is 2.25. The van der Waals surface area contributed by atoms with E-state index in [1.165, 1.54) is 4.90 Å². The lowest BCUT2D eigenvalue weighted by Gasteiger charge is -2.33. The smallest absolute Gasteiger partial charge is 0.250 e. The van der Waals surface area contributed by atoms with Gasteiger partial charge in [-0.2, -0.15) is 0 Å². The average molecular weight is 355 g/mol. The summed E-state index contributed by atoms with van der Waals surface area (Å²) in [6.45, 7) is 4.91. The van der Waals surface area contributed by atoms with Crippen molar-refractivity contribution in [3.05, 3.63) is 71.7 Å². The SMILES string of the molecule is Clc1ccccc1N1CC[NH+](Cc2ncc(-c3ccccc3)o2)CC1. The molecule has 1 saturated heterocycles. The number of piperazine rings is 1. The second kappa shape index (κ2) is 7.30. The molecular weight excluding hydrogens is 334 g/mol. The molecule has 4 nitrogen and oxygen atoms in total. The number of hydrogen-bond donors (Lipinski definition) is 1. The van der Waals surface area contributed by atoms with E-state index in [4.69, 9.17) is 16.0 Å². The van der Waals surface area contributed by atoms with Crippen LogP contribution in [0.3, 0.4) is 0 Å². The molecule has 25 heavy (non-hydrogen) atoms. The third-order valence-corrected chi connectivity index (χ3v) is 5.00. The fraction of sp³-hybridized carbons (Fsp3) is 0.250.